The fourth-order valence-electron chi connectivity index (χ4n) is 4.17. The van der Waals surface area contributed by atoms with E-state index in [1.807, 2.05) is 36.4 Å². The van der Waals surface area contributed by atoms with E-state index in [1.165, 1.54) is 0 Å². The Morgan fingerprint density at radius 3 is 2.33 bits per heavy atom. The van der Waals surface area contributed by atoms with Gasteiger partial charge in [0.15, 0.2) is 5.96 Å². The molecule has 1 saturated heterocycles. The van der Waals surface area contributed by atoms with Gasteiger partial charge in [-0.05, 0) is 36.1 Å². The monoisotopic (exact) mass is 451 g/mol. The Kier molecular flexibility index (Phi) is 8.72. The molecule has 2 aromatic rings. The first-order chi connectivity index (χ1) is 16.0. The molecule has 0 aromatic heterocycles. The molecule has 1 aliphatic rings. The van der Waals surface area contributed by atoms with Crippen molar-refractivity contribution in [1.29, 1.82) is 5.41 Å². The minimum atomic E-state index is -0.612. The van der Waals surface area contributed by atoms with E-state index in [1.54, 1.807) is 12.0 Å². The van der Waals surface area contributed by atoms with Gasteiger partial charge in [0.1, 0.15) is 11.3 Å². The Hall–Kier alpha value is -3.06. The molecule has 0 saturated carbocycles. The maximum atomic E-state index is 13.3. The van der Waals surface area contributed by atoms with Crippen LogP contribution in [0.15, 0.2) is 48.5 Å². The Morgan fingerprint density at radius 1 is 1.03 bits per heavy atom. The Balaban J connectivity index is 1.57. The van der Waals surface area contributed by atoms with Crippen LogP contribution in [0.1, 0.15) is 63.5 Å². The van der Waals surface area contributed by atoms with Crippen molar-refractivity contribution >= 4 is 17.6 Å². The quantitative estimate of drug-likeness (QED) is 0.329. The SMILES string of the molecule is CCCCC1(CCCC)NC(=N)N(Cc2ccc(CNNc3cccc(OC)c3)cc2)C1=O. The summed E-state index contributed by atoms with van der Waals surface area (Å²) in [6.07, 6.45) is 5.61. The first-order valence-electron chi connectivity index (χ1n) is 11.9. The van der Waals surface area contributed by atoms with Crippen molar-refractivity contribution in [1.82, 2.24) is 15.6 Å². The summed E-state index contributed by atoms with van der Waals surface area (Å²) >= 11 is 0. The van der Waals surface area contributed by atoms with Crippen LogP contribution in [0, 0.1) is 5.41 Å². The molecule has 1 fully saturated rings. The number of hydrazine groups is 1. The van der Waals surface area contributed by atoms with Crippen molar-refractivity contribution in [3.8, 4) is 5.75 Å². The van der Waals surface area contributed by atoms with E-state index >= 15 is 0 Å². The maximum absolute atomic E-state index is 13.3. The largest absolute Gasteiger partial charge is 0.497 e. The number of hydrogen-bond acceptors (Lipinski definition) is 5. The summed E-state index contributed by atoms with van der Waals surface area (Å²) in [6, 6.07) is 15.9. The Bertz CT molecular complexity index is 921. The van der Waals surface area contributed by atoms with Crippen molar-refractivity contribution in [2.24, 2.45) is 0 Å². The summed E-state index contributed by atoms with van der Waals surface area (Å²) in [5.41, 5.74) is 8.84. The second kappa shape index (κ2) is 11.7. The normalized spacial score (nSPS) is 14.9. The number of unbranched alkanes of at least 4 members (excludes halogenated alkanes) is 2. The van der Waals surface area contributed by atoms with Gasteiger partial charge in [-0.3, -0.25) is 15.1 Å². The molecule has 2 aromatic carbocycles. The van der Waals surface area contributed by atoms with Gasteiger partial charge in [-0.25, -0.2) is 5.43 Å². The molecule has 0 atom stereocenters. The van der Waals surface area contributed by atoms with Gasteiger partial charge < -0.3 is 15.5 Å². The molecule has 0 unspecified atom stereocenters. The second-order valence-corrected chi connectivity index (χ2v) is 8.68. The highest BCUT2D eigenvalue weighted by atomic mass is 16.5. The fraction of sp³-hybridized carbons (Fsp3) is 0.462. The van der Waals surface area contributed by atoms with Gasteiger partial charge in [0, 0.05) is 12.6 Å². The number of carbonyl (C=O) groups is 1. The molecule has 1 heterocycles. The van der Waals surface area contributed by atoms with Crippen LogP contribution < -0.4 is 20.9 Å². The number of ether oxygens (including phenoxy) is 1. The first-order valence-corrected chi connectivity index (χ1v) is 11.9. The van der Waals surface area contributed by atoms with Crippen molar-refractivity contribution in [3.63, 3.8) is 0 Å². The maximum Gasteiger partial charge on any atom is 0.255 e. The first kappa shape index (κ1) is 24.6. The van der Waals surface area contributed by atoms with E-state index in [4.69, 9.17) is 10.1 Å². The molecule has 7 nitrogen and oxygen atoms in total. The van der Waals surface area contributed by atoms with Gasteiger partial charge in [0.05, 0.1) is 19.3 Å². The van der Waals surface area contributed by atoms with Crippen molar-refractivity contribution in [3.05, 3.63) is 59.7 Å². The third-order valence-corrected chi connectivity index (χ3v) is 6.15. The van der Waals surface area contributed by atoms with Gasteiger partial charge in [-0.2, -0.15) is 0 Å². The lowest BCUT2D eigenvalue weighted by molar-refractivity contribution is -0.132. The molecule has 33 heavy (non-hydrogen) atoms. The number of anilines is 1. The minimum absolute atomic E-state index is 0.0441. The topological polar surface area (TPSA) is 89.5 Å². The average molecular weight is 452 g/mol. The number of hydrogen-bond donors (Lipinski definition) is 4. The molecular formula is C26H37N5O2. The Labute approximate surface area is 197 Å². The Morgan fingerprint density at radius 2 is 1.70 bits per heavy atom. The zero-order valence-electron chi connectivity index (χ0n) is 20.0. The lowest BCUT2D eigenvalue weighted by Crippen LogP contribution is -2.47. The van der Waals surface area contributed by atoms with E-state index in [0.29, 0.717) is 13.1 Å². The van der Waals surface area contributed by atoms with E-state index in [0.717, 1.165) is 61.1 Å². The van der Waals surface area contributed by atoms with Gasteiger partial charge in [-0.1, -0.05) is 69.9 Å². The van der Waals surface area contributed by atoms with Crippen LogP contribution in [0.5, 0.6) is 5.75 Å². The molecule has 0 bridgehead atoms. The zero-order chi connectivity index (χ0) is 23.7. The molecule has 3 rings (SSSR count). The minimum Gasteiger partial charge on any atom is -0.497 e. The molecular weight excluding hydrogens is 414 g/mol. The smallest absolute Gasteiger partial charge is 0.255 e. The summed E-state index contributed by atoms with van der Waals surface area (Å²) in [5.74, 6) is 1.07. The van der Waals surface area contributed by atoms with E-state index in [-0.39, 0.29) is 11.9 Å². The van der Waals surface area contributed by atoms with Crippen molar-refractivity contribution in [2.75, 3.05) is 12.5 Å². The molecule has 0 aliphatic carbocycles. The molecule has 0 radical (unpaired) electrons. The number of amides is 1. The van der Waals surface area contributed by atoms with Gasteiger partial charge in [-0.15, -0.1) is 0 Å². The van der Waals surface area contributed by atoms with E-state index in [2.05, 4.69) is 42.1 Å². The van der Waals surface area contributed by atoms with Crippen molar-refractivity contribution < 1.29 is 9.53 Å². The molecule has 1 aliphatic heterocycles. The van der Waals surface area contributed by atoms with Crippen LogP contribution in [0.2, 0.25) is 0 Å². The standard InChI is InChI=1S/C26H37N5O2/c1-4-6-15-26(16-7-5-2)24(32)31(25(27)29-26)19-21-13-11-20(12-14-21)18-28-30-22-9-8-10-23(17-22)33-3/h8-14,17,28,30H,4-7,15-16,18-19H2,1-3H3,(H2,27,29). The third kappa shape index (κ3) is 6.26. The molecule has 4 N–H and O–H groups in total. The van der Waals surface area contributed by atoms with Crippen LogP contribution in [-0.2, 0) is 17.9 Å². The van der Waals surface area contributed by atoms with E-state index in [9.17, 15) is 4.79 Å². The van der Waals surface area contributed by atoms with Crippen molar-refractivity contribution in [2.45, 2.75) is 71.0 Å². The zero-order valence-corrected chi connectivity index (χ0v) is 20.0. The average Bonchev–Trinajstić information content (AvgIpc) is 3.07. The number of carbonyl (C=O) groups excluding carboxylic acids is 1. The van der Waals surface area contributed by atoms with Crippen LogP contribution in [0.4, 0.5) is 5.69 Å². The summed E-state index contributed by atoms with van der Waals surface area (Å²) in [4.78, 5) is 14.9. The number of nitrogens with one attached hydrogen (secondary N) is 4. The summed E-state index contributed by atoms with van der Waals surface area (Å²) in [7, 11) is 1.65. The van der Waals surface area contributed by atoms with E-state index < -0.39 is 5.54 Å². The lowest BCUT2D eigenvalue weighted by Gasteiger charge is -2.27. The number of guanidine groups is 1. The molecule has 7 heteroatoms. The summed E-state index contributed by atoms with van der Waals surface area (Å²) < 4.78 is 5.24. The highest BCUT2D eigenvalue weighted by molar-refractivity contribution is 6.07. The van der Waals surface area contributed by atoms with Crippen LogP contribution in [0.3, 0.4) is 0 Å². The molecule has 1 amide bonds. The van der Waals surface area contributed by atoms with Crippen LogP contribution in [0.25, 0.3) is 0 Å². The summed E-state index contributed by atoms with van der Waals surface area (Å²) in [5, 5.41) is 11.7. The molecule has 178 valence electrons. The van der Waals surface area contributed by atoms with Gasteiger partial charge in [0.25, 0.3) is 5.91 Å². The number of benzene rings is 2. The van der Waals surface area contributed by atoms with Crippen LogP contribution >= 0.6 is 0 Å². The number of methoxy groups -OCH3 is 1. The van der Waals surface area contributed by atoms with Gasteiger partial charge >= 0.3 is 0 Å². The summed E-state index contributed by atoms with van der Waals surface area (Å²) in [6.45, 7) is 5.34. The lowest BCUT2D eigenvalue weighted by atomic mass is 9.87. The number of rotatable bonds is 13. The third-order valence-electron chi connectivity index (χ3n) is 6.15. The fourth-order valence-corrected chi connectivity index (χ4v) is 4.17. The number of nitrogens with zero attached hydrogens (tertiary/aromatic N) is 1. The van der Waals surface area contributed by atoms with Gasteiger partial charge in [0.2, 0.25) is 0 Å². The molecule has 0 spiro atoms. The predicted octanol–water partition coefficient (Wildman–Crippen LogP) is 4.80. The highest BCUT2D eigenvalue weighted by Crippen LogP contribution is 2.30. The second-order valence-electron chi connectivity index (χ2n) is 8.68. The van der Waals surface area contributed by atoms with Crippen LogP contribution in [-0.4, -0.2) is 29.4 Å². The highest BCUT2D eigenvalue weighted by Gasteiger charge is 2.48. The predicted molar refractivity (Wildman–Crippen MR) is 133 cm³/mol.